The summed E-state index contributed by atoms with van der Waals surface area (Å²) < 4.78 is 43.5. The van der Waals surface area contributed by atoms with E-state index in [0.29, 0.717) is 22.6 Å². The predicted molar refractivity (Wildman–Crippen MR) is 148 cm³/mol. The number of nitrogens with zero attached hydrogens (tertiary/aromatic N) is 3. The summed E-state index contributed by atoms with van der Waals surface area (Å²) in [6, 6.07) is 20.7. The van der Waals surface area contributed by atoms with Gasteiger partial charge in [-0.05, 0) is 54.1 Å². The van der Waals surface area contributed by atoms with Gasteiger partial charge in [0.2, 0.25) is 0 Å². The first-order chi connectivity index (χ1) is 20.6. The van der Waals surface area contributed by atoms with Crippen LogP contribution in [0.15, 0.2) is 97.2 Å². The zero-order chi connectivity index (χ0) is 30.6. The van der Waals surface area contributed by atoms with Crippen LogP contribution in [0.5, 0.6) is 5.75 Å². The molecule has 5 aromatic rings. The van der Waals surface area contributed by atoms with Crippen LogP contribution in [0.4, 0.5) is 29.3 Å². The minimum absolute atomic E-state index is 0.105. The number of aliphatic carboxylic acids is 1. The third kappa shape index (κ3) is 6.70. The van der Waals surface area contributed by atoms with Gasteiger partial charge in [0.25, 0.3) is 5.91 Å². The number of benzene rings is 3. The van der Waals surface area contributed by atoms with Gasteiger partial charge in [-0.15, -0.1) is 23.4 Å². The van der Waals surface area contributed by atoms with Crippen LogP contribution >= 0.6 is 0 Å². The Morgan fingerprint density at radius 3 is 2.23 bits per heavy atom. The van der Waals surface area contributed by atoms with Crippen molar-refractivity contribution in [2.75, 3.05) is 10.6 Å². The van der Waals surface area contributed by atoms with Crippen LogP contribution in [-0.2, 0) is 4.79 Å². The number of alkyl halides is 3. The van der Waals surface area contributed by atoms with Crippen LogP contribution in [0.1, 0.15) is 22.0 Å². The average molecular weight is 591 g/mol. The van der Waals surface area contributed by atoms with Gasteiger partial charge >= 0.3 is 18.4 Å². The van der Waals surface area contributed by atoms with Gasteiger partial charge in [-0.2, -0.15) is 0 Å². The summed E-state index contributed by atoms with van der Waals surface area (Å²) in [7, 11) is 0. The van der Waals surface area contributed by atoms with E-state index < -0.39 is 36.1 Å². The Morgan fingerprint density at radius 1 is 0.837 bits per heavy atom. The van der Waals surface area contributed by atoms with E-state index in [1.807, 2.05) is 0 Å². The van der Waals surface area contributed by atoms with E-state index in [0.717, 1.165) is 6.07 Å². The van der Waals surface area contributed by atoms with Crippen molar-refractivity contribution in [3.05, 3.63) is 108 Å². The molecule has 0 saturated heterocycles. The molecule has 5 rings (SSSR count). The van der Waals surface area contributed by atoms with Crippen LogP contribution in [0.2, 0.25) is 0 Å². The molecule has 3 aromatic carbocycles. The third-order valence-corrected chi connectivity index (χ3v) is 6.10. The molecule has 0 spiro atoms. The van der Waals surface area contributed by atoms with E-state index in [1.54, 1.807) is 71.3 Å². The minimum Gasteiger partial charge on any atom is -0.479 e. The molecule has 0 aliphatic heterocycles. The molecule has 0 aliphatic rings. The monoisotopic (exact) mass is 590 g/mol. The standard InChI is InChI=1S/C29H21F3N6O5/c30-29(31,32)43-22-11-5-4-10-21(22)34-28(42)33-19-14-12-18(13-15-19)24-36-37-25-20(9-6-16-38(24)25)26(39)35-23(27(40)41)17-7-2-1-3-8-17/h1-16,23H,(H,35,39)(H,40,41)(H2,33,34,42). The number of carbonyl (C=O) groups is 3. The van der Waals surface area contributed by atoms with Crippen molar-refractivity contribution in [1.82, 2.24) is 19.9 Å². The zero-order valence-corrected chi connectivity index (χ0v) is 21.9. The molecule has 3 amide bonds. The lowest BCUT2D eigenvalue weighted by molar-refractivity contribution is -0.274. The first-order valence-electron chi connectivity index (χ1n) is 12.5. The Labute approximate surface area is 240 Å². The van der Waals surface area contributed by atoms with Gasteiger partial charge in [0.15, 0.2) is 23.3 Å². The summed E-state index contributed by atoms with van der Waals surface area (Å²) in [6.07, 6.45) is -3.29. The highest BCUT2D eigenvalue weighted by Crippen LogP contribution is 2.30. The molecule has 0 fully saturated rings. The van der Waals surface area contributed by atoms with Gasteiger partial charge in [0.1, 0.15) is 0 Å². The van der Waals surface area contributed by atoms with Crippen molar-refractivity contribution in [3.8, 4) is 17.1 Å². The van der Waals surface area contributed by atoms with Gasteiger partial charge in [0.05, 0.1) is 11.3 Å². The number of halogens is 3. The van der Waals surface area contributed by atoms with E-state index in [4.69, 9.17) is 0 Å². The van der Waals surface area contributed by atoms with Crippen LogP contribution in [0, 0.1) is 0 Å². The van der Waals surface area contributed by atoms with Crippen LogP contribution in [0.25, 0.3) is 17.0 Å². The molecule has 43 heavy (non-hydrogen) atoms. The second-order valence-corrected chi connectivity index (χ2v) is 8.99. The van der Waals surface area contributed by atoms with Gasteiger partial charge in [-0.3, -0.25) is 9.20 Å². The summed E-state index contributed by atoms with van der Waals surface area (Å²) in [4.78, 5) is 37.4. The quantitative estimate of drug-likeness (QED) is 0.187. The van der Waals surface area contributed by atoms with E-state index in [1.165, 1.54) is 24.3 Å². The number of amides is 3. The Hall–Kier alpha value is -5.92. The second-order valence-electron chi connectivity index (χ2n) is 8.99. The Balaban J connectivity index is 1.31. The molecule has 11 nitrogen and oxygen atoms in total. The van der Waals surface area contributed by atoms with E-state index >= 15 is 0 Å². The number of aromatic nitrogens is 3. The molecule has 2 aromatic heterocycles. The number of urea groups is 1. The molecule has 2 heterocycles. The van der Waals surface area contributed by atoms with Crippen molar-refractivity contribution in [2.45, 2.75) is 12.4 Å². The number of hydrogen-bond acceptors (Lipinski definition) is 6. The highest BCUT2D eigenvalue weighted by Gasteiger charge is 2.32. The number of pyridine rings is 1. The molecule has 0 saturated carbocycles. The maximum Gasteiger partial charge on any atom is 0.573 e. The highest BCUT2D eigenvalue weighted by molar-refractivity contribution is 6.02. The number of hydrogen-bond donors (Lipinski definition) is 4. The van der Waals surface area contributed by atoms with E-state index in [-0.39, 0.29) is 16.9 Å². The molecule has 14 heteroatoms. The van der Waals surface area contributed by atoms with Gasteiger partial charge in [-0.1, -0.05) is 42.5 Å². The Kier molecular flexibility index (Phi) is 7.92. The molecular formula is C29H21F3N6O5. The number of rotatable bonds is 8. The fourth-order valence-electron chi connectivity index (χ4n) is 4.20. The topological polar surface area (TPSA) is 147 Å². The summed E-state index contributed by atoms with van der Waals surface area (Å²) in [5.74, 6) is -2.09. The molecule has 1 unspecified atom stereocenters. The first-order valence-corrected chi connectivity index (χ1v) is 12.5. The Bertz CT molecular complexity index is 1790. The van der Waals surface area contributed by atoms with Crippen molar-refractivity contribution in [3.63, 3.8) is 0 Å². The zero-order valence-electron chi connectivity index (χ0n) is 21.9. The molecule has 0 aliphatic carbocycles. The van der Waals surface area contributed by atoms with Crippen LogP contribution in [0.3, 0.4) is 0 Å². The van der Waals surface area contributed by atoms with Gasteiger partial charge in [0, 0.05) is 17.4 Å². The van der Waals surface area contributed by atoms with E-state index in [9.17, 15) is 32.7 Å². The van der Waals surface area contributed by atoms with Crippen LogP contribution < -0.4 is 20.7 Å². The number of carboxylic acids is 1. The lowest BCUT2D eigenvalue weighted by atomic mass is 10.1. The molecule has 0 radical (unpaired) electrons. The normalized spacial score (nSPS) is 11.9. The fraction of sp³-hybridized carbons (Fsp3) is 0.0690. The predicted octanol–water partition coefficient (Wildman–Crippen LogP) is 5.49. The Morgan fingerprint density at radius 2 is 1.53 bits per heavy atom. The summed E-state index contributed by atoms with van der Waals surface area (Å²) >= 11 is 0. The molecule has 0 bridgehead atoms. The summed E-state index contributed by atoms with van der Waals surface area (Å²) in [5.41, 5.74) is 1.40. The molecule has 4 N–H and O–H groups in total. The SMILES string of the molecule is O=C(Nc1ccc(-c2nnc3c(C(=O)NC(C(=O)O)c4ccccc4)cccn23)cc1)Nc1ccccc1OC(F)(F)F. The summed E-state index contributed by atoms with van der Waals surface area (Å²) in [6.45, 7) is 0. The smallest absolute Gasteiger partial charge is 0.479 e. The number of carboxylic acid groups (broad SMARTS) is 1. The van der Waals surface area contributed by atoms with Crippen LogP contribution in [-0.4, -0.2) is 44.0 Å². The minimum atomic E-state index is -4.93. The number of para-hydroxylation sites is 2. The third-order valence-electron chi connectivity index (χ3n) is 6.10. The van der Waals surface area contributed by atoms with Gasteiger partial charge < -0.3 is 25.8 Å². The number of anilines is 2. The van der Waals surface area contributed by atoms with E-state index in [2.05, 4.69) is 30.9 Å². The first kappa shape index (κ1) is 28.6. The summed E-state index contributed by atoms with van der Waals surface area (Å²) in [5, 5.41) is 25.3. The molecular weight excluding hydrogens is 569 g/mol. The number of fused-ring (bicyclic) bond motifs is 1. The molecule has 218 valence electrons. The highest BCUT2D eigenvalue weighted by atomic mass is 19.4. The maximum atomic E-state index is 13.1. The fourth-order valence-corrected chi connectivity index (χ4v) is 4.20. The molecule has 1 atom stereocenters. The van der Waals surface area contributed by atoms with Gasteiger partial charge in [-0.25, -0.2) is 9.59 Å². The second kappa shape index (κ2) is 11.9. The number of carbonyl (C=O) groups excluding carboxylic acids is 2. The van der Waals surface area contributed by atoms with Crippen molar-refractivity contribution in [1.29, 1.82) is 0 Å². The maximum absolute atomic E-state index is 13.1. The van der Waals surface area contributed by atoms with Crippen molar-refractivity contribution >= 4 is 34.9 Å². The van der Waals surface area contributed by atoms with Crippen molar-refractivity contribution < 1.29 is 37.4 Å². The van der Waals surface area contributed by atoms with Crippen molar-refractivity contribution in [2.24, 2.45) is 0 Å². The number of nitrogens with one attached hydrogen (secondary N) is 3. The average Bonchev–Trinajstić information content (AvgIpc) is 3.41. The lowest BCUT2D eigenvalue weighted by Gasteiger charge is -2.15. The number of ether oxygens (including phenoxy) is 1. The largest absolute Gasteiger partial charge is 0.573 e. The lowest BCUT2D eigenvalue weighted by Crippen LogP contribution is -2.34.